The second-order valence-corrected chi connectivity index (χ2v) is 5.29. The smallest absolute Gasteiger partial charge is 0.230 e. The molecule has 0 radical (unpaired) electrons. The highest BCUT2D eigenvalue weighted by Gasteiger charge is 2.22. The van der Waals surface area contributed by atoms with Crippen LogP contribution < -0.4 is 4.57 Å². The third-order valence-electron chi connectivity index (χ3n) is 2.97. The van der Waals surface area contributed by atoms with E-state index in [1.54, 1.807) is 0 Å². The first kappa shape index (κ1) is 13.0. The molecule has 0 N–H and O–H groups in total. The molecule has 0 fully saturated rings. The second kappa shape index (κ2) is 5.44. The van der Waals surface area contributed by atoms with Crippen LogP contribution in [0, 0.1) is 6.92 Å². The number of pyridine rings is 1. The monoisotopic (exact) mass is 304 g/mol. The Balaban J connectivity index is 2.23. The third-order valence-corrected chi connectivity index (χ3v) is 3.50. The number of ketones is 1. The van der Waals surface area contributed by atoms with E-state index in [4.69, 9.17) is 0 Å². The fourth-order valence-electron chi connectivity index (χ4n) is 1.76. The average Bonchev–Trinajstić information content (AvgIpc) is 2.39. The van der Waals surface area contributed by atoms with Crippen LogP contribution in [0.1, 0.15) is 28.9 Å². The van der Waals surface area contributed by atoms with Gasteiger partial charge in [0.05, 0.1) is 0 Å². The van der Waals surface area contributed by atoms with Crippen LogP contribution in [0.25, 0.3) is 0 Å². The zero-order valence-corrected chi connectivity index (χ0v) is 12.0. The van der Waals surface area contributed by atoms with E-state index in [0.717, 1.165) is 10.0 Å². The zero-order valence-electron chi connectivity index (χ0n) is 10.4. The first-order chi connectivity index (χ1) is 8.58. The van der Waals surface area contributed by atoms with Crippen LogP contribution in [0.3, 0.4) is 0 Å². The van der Waals surface area contributed by atoms with Crippen LogP contribution >= 0.6 is 15.9 Å². The van der Waals surface area contributed by atoms with E-state index in [2.05, 4.69) is 15.9 Å². The summed E-state index contributed by atoms with van der Waals surface area (Å²) < 4.78 is 2.91. The number of hydrogen-bond acceptors (Lipinski definition) is 1. The van der Waals surface area contributed by atoms with Gasteiger partial charge in [-0.25, -0.2) is 0 Å². The van der Waals surface area contributed by atoms with Crippen molar-refractivity contribution in [1.82, 2.24) is 0 Å². The second-order valence-electron chi connectivity index (χ2n) is 4.37. The number of aryl methyl sites for hydroxylation is 1. The third kappa shape index (κ3) is 2.85. The summed E-state index contributed by atoms with van der Waals surface area (Å²) in [5.41, 5.74) is 1.92. The minimum absolute atomic E-state index is 0.122. The quantitative estimate of drug-likeness (QED) is 0.628. The standard InChI is InChI=1S/C15H15BrNO/c1-11-7-9-17(10-8-11)12(2)15(18)13-3-5-14(16)6-4-13/h3-10,12H,1-2H3/q+1. The molecule has 1 unspecified atom stereocenters. The molecule has 0 bridgehead atoms. The van der Waals surface area contributed by atoms with E-state index in [9.17, 15) is 4.79 Å². The normalized spacial score (nSPS) is 12.2. The van der Waals surface area contributed by atoms with Gasteiger partial charge in [-0.2, -0.15) is 4.57 Å². The lowest BCUT2D eigenvalue weighted by molar-refractivity contribution is -0.704. The fourth-order valence-corrected chi connectivity index (χ4v) is 2.03. The molecule has 0 aliphatic heterocycles. The Hall–Kier alpha value is -1.48. The number of benzene rings is 1. The van der Waals surface area contributed by atoms with E-state index in [-0.39, 0.29) is 11.8 Å². The van der Waals surface area contributed by atoms with Gasteiger partial charge in [-0.3, -0.25) is 4.79 Å². The lowest BCUT2D eigenvalue weighted by Gasteiger charge is -2.06. The number of hydrogen-bond donors (Lipinski definition) is 0. The van der Waals surface area contributed by atoms with Gasteiger partial charge in [0.25, 0.3) is 0 Å². The van der Waals surface area contributed by atoms with E-state index in [0.29, 0.717) is 0 Å². The molecule has 2 aromatic rings. The van der Waals surface area contributed by atoms with E-state index >= 15 is 0 Å². The number of Topliss-reactive ketones (excluding diaryl/α,β-unsaturated/α-hetero) is 1. The lowest BCUT2D eigenvalue weighted by atomic mass is 10.1. The maximum atomic E-state index is 12.3. The first-order valence-electron chi connectivity index (χ1n) is 5.85. The number of carbonyl (C=O) groups is 1. The Morgan fingerprint density at radius 1 is 1.11 bits per heavy atom. The van der Waals surface area contributed by atoms with Gasteiger partial charge in [-0.1, -0.05) is 28.1 Å². The molecule has 0 saturated carbocycles. The predicted molar refractivity (Wildman–Crippen MR) is 74.6 cm³/mol. The summed E-state index contributed by atoms with van der Waals surface area (Å²) in [6.07, 6.45) is 3.88. The summed E-state index contributed by atoms with van der Waals surface area (Å²) in [7, 11) is 0. The van der Waals surface area contributed by atoms with Crippen LogP contribution in [0.4, 0.5) is 0 Å². The van der Waals surface area contributed by atoms with Gasteiger partial charge in [0.15, 0.2) is 12.4 Å². The summed E-state index contributed by atoms with van der Waals surface area (Å²) in [6, 6.07) is 11.3. The van der Waals surface area contributed by atoms with E-state index in [1.165, 1.54) is 5.56 Å². The summed E-state index contributed by atoms with van der Waals surface area (Å²) in [4.78, 5) is 12.3. The van der Waals surface area contributed by atoms with Crippen LogP contribution in [-0.4, -0.2) is 5.78 Å². The predicted octanol–water partition coefficient (Wildman–Crippen LogP) is 3.49. The van der Waals surface area contributed by atoms with Crippen molar-refractivity contribution in [3.8, 4) is 0 Å². The number of rotatable bonds is 3. The first-order valence-corrected chi connectivity index (χ1v) is 6.64. The minimum Gasteiger partial charge on any atom is -0.287 e. The van der Waals surface area contributed by atoms with Gasteiger partial charge in [0.2, 0.25) is 11.8 Å². The Kier molecular flexibility index (Phi) is 3.92. The molecule has 0 amide bonds. The fraction of sp³-hybridized carbons (Fsp3) is 0.200. The highest BCUT2D eigenvalue weighted by molar-refractivity contribution is 9.10. The summed E-state index contributed by atoms with van der Waals surface area (Å²) in [6.45, 7) is 3.95. The Morgan fingerprint density at radius 3 is 2.22 bits per heavy atom. The van der Waals surface area contributed by atoms with Gasteiger partial charge >= 0.3 is 0 Å². The summed E-state index contributed by atoms with van der Waals surface area (Å²) >= 11 is 3.37. The minimum atomic E-state index is -0.188. The van der Waals surface area contributed by atoms with Crippen LogP contribution in [-0.2, 0) is 0 Å². The molecule has 2 rings (SSSR count). The highest BCUT2D eigenvalue weighted by atomic mass is 79.9. The van der Waals surface area contributed by atoms with Crippen molar-refractivity contribution in [2.75, 3.05) is 0 Å². The zero-order chi connectivity index (χ0) is 13.1. The lowest BCUT2D eigenvalue weighted by Crippen LogP contribution is -2.41. The van der Waals surface area contributed by atoms with Crippen LogP contribution in [0.15, 0.2) is 53.3 Å². The van der Waals surface area contributed by atoms with Gasteiger partial charge in [0.1, 0.15) is 0 Å². The number of carbonyl (C=O) groups excluding carboxylic acids is 1. The topological polar surface area (TPSA) is 20.9 Å². The molecule has 0 aliphatic rings. The molecule has 0 saturated heterocycles. The maximum Gasteiger partial charge on any atom is 0.230 e. The Morgan fingerprint density at radius 2 is 1.67 bits per heavy atom. The molecule has 3 heteroatoms. The molecule has 2 nitrogen and oxygen atoms in total. The largest absolute Gasteiger partial charge is 0.287 e. The molecule has 1 atom stereocenters. The molecule has 1 aromatic heterocycles. The van der Waals surface area contributed by atoms with Crippen LogP contribution in [0.5, 0.6) is 0 Å². The van der Waals surface area contributed by atoms with Crippen molar-refractivity contribution >= 4 is 21.7 Å². The molecule has 0 spiro atoms. The molecular weight excluding hydrogens is 290 g/mol. The SMILES string of the molecule is Cc1cc[n+](C(C)C(=O)c2ccc(Br)cc2)cc1. The van der Waals surface area contributed by atoms with Crippen LogP contribution in [0.2, 0.25) is 0 Å². The van der Waals surface area contributed by atoms with E-state index in [1.807, 2.05) is 67.2 Å². The molecular formula is C15H15BrNO+. The van der Waals surface area contributed by atoms with Crippen molar-refractivity contribution in [1.29, 1.82) is 0 Å². The van der Waals surface area contributed by atoms with Crippen molar-refractivity contribution in [2.45, 2.75) is 19.9 Å². The van der Waals surface area contributed by atoms with E-state index < -0.39 is 0 Å². The highest BCUT2D eigenvalue weighted by Crippen LogP contribution is 2.14. The number of halogens is 1. The molecule has 1 aromatic carbocycles. The van der Waals surface area contributed by atoms with Gasteiger partial charge in [-0.15, -0.1) is 0 Å². The number of aromatic nitrogens is 1. The molecule has 0 aliphatic carbocycles. The Bertz CT molecular complexity index is 546. The summed E-state index contributed by atoms with van der Waals surface area (Å²) in [5, 5.41) is 0. The maximum absolute atomic E-state index is 12.3. The number of nitrogens with zero attached hydrogens (tertiary/aromatic N) is 1. The Labute approximate surface area is 115 Å². The molecule has 18 heavy (non-hydrogen) atoms. The van der Waals surface area contributed by atoms with Crippen molar-refractivity contribution in [2.24, 2.45) is 0 Å². The molecule has 1 heterocycles. The molecule has 92 valence electrons. The summed E-state index contributed by atoms with van der Waals surface area (Å²) in [5.74, 6) is 0.122. The van der Waals surface area contributed by atoms with Crippen molar-refractivity contribution in [3.63, 3.8) is 0 Å². The van der Waals surface area contributed by atoms with Gasteiger partial charge < -0.3 is 0 Å². The average molecular weight is 305 g/mol. The van der Waals surface area contributed by atoms with Crippen molar-refractivity contribution < 1.29 is 9.36 Å². The van der Waals surface area contributed by atoms with Gasteiger partial charge in [-0.05, 0) is 24.6 Å². The van der Waals surface area contributed by atoms with Crippen molar-refractivity contribution in [3.05, 3.63) is 64.4 Å². The van der Waals surface area contributed by atoms with Gasteiger partial charge in [0, 0.05) is 29.1 Å².